The van der Waals surface area contributed by atoms with Gasteiger partial charge in [0.2, 0.25) is 0 Å². The molecular weight excluding hydrogens is 330 g/mol. The number of hydrogen-bond donors (Lipinski definition) is 2. The lowest BCUT2D eigenvalue weighted by molar-refractivity contribution is -0.119. The standard InChI is InChI=1S/C17H18ClN3O3/c1-23-15-8-3-12(9-16(15)24-2)10-20-21-17(22)11-19-14-6-4-13(18)5-7-14/h3-10,19H,11H2,1-2H3,(H,21,22)/b20-10-. The van der Waals surface area contributed by atoms with Crippen molar-refractivity contribution >= 4 is 29.4 Å². The van der Waals surface area contributed by atoms with Gasteiger partial charge in [-0.15, -0.1) is 0 Å². The van der Waals surface area contributed by atoms with E-state index >= 15 is 0 Å². The largest absolute Gasteiger partial charge is 0.493 e. The van der Waals surface area contributed by atoms with Gasteiger partial charge in [-0.3, -0.25) is 4.79 Å². The van der Waals surface area contributed by atoms with Crippen molar-refractivity contribution in [3.8, 4) is 11.5 Å². The average molecular weight is 348 g/mol. The van der Waals surface area contributed by atoms with E-state index < -0.39 is 0 Å². The fourth-order valence-electron chi connectivity index (χ4n) is 1.90. The van der Waals surface area contributed by atoms with Crippen molar-refractivity contribution in [2.75, 3.05) is 26.1 Å². The first kappa shape index (κ1) is 17.6. The Bertz CT molecular complexity index is 718. The van der Waals surface area contributed by atoms with Crippen LogP contribution >= 0.6 is 11.6 Å². The first-order valence-corrected chi connectivity index (χ1v) is 7.53. The molecule has 0 unspecified atom stereocenters. The van der Waals surface area contributed by atoms with Crippen molar-refractivity contribution in [2.45, 2.75) is 0 Å². The zero-order chi connectivity index (χ0) is 17.4. The quantitative estimate of drug-likeness (QED) is 0.596. The first-order valence-electron chi connectivity index (χ1n) is 7.15. The number of hydrazone groups is 1. The SMILES string of the molecule is COc1ccc(/C=N\NC(=O)CNc2ccc(Cl)cc2)cc1OC. The molecule has 0 atom stereocenters. The maximum Gasteiger partial charge on any atom is 0.259 e. The number of carbonyl (C=O) groups excluding carboxylic acids is 1. The number of carbonyl (C=O) groups is 1. The number of halogens is 1. The van der Waals surface area contributed by atoms with E-state index in [1.807, 2.05) is 6.07 Å². The van der Waals surface area contributed by atoms with Gasteiger partial charge in [0.1, 0.15) is 0 Å². The van der Waals surface area contributed by atoms with E-state index in [0.29, 0.717) is 16.5 Å². The van der Waals surface area contributed by atoms with Crippen LogP contribution in [0.1, 0.15) is 5.56 Å². The first-order chi connectivity index (χ1) is 11.6. The summed E-state index contributed by atoms with van der Waals surface area (Å²) in [6, 6.07) is 12.4. The van der Waals surface area contributed by atoms with E-state index in [9.17, 15) is 4.79 Å². The van der Waals surface area contributed by atoms with Crippen LogP contribution in [0, 0.1) is 0 Å². The van der Waals surface area contributed by atoms with E-state index in [0.717, 1.165) is 11.3 Å². The van der Waals surface area contributed by atoms with E-state index in [1.54, 1.807) is 50.6 Å². The second-order valence-electron chi connectivity index (χ2n) is 4.77. The zero-order valence-electron chi connectivity index (χ0n) is 13.4. The molecular formula is C17H18ClN3O3. The number of benzene rings is 2. The van der Waals surface area contributed by atoms with Gasteiger partial charge in [0.05, 0.1) is 27.0 Å². The topological polar surface area (TPSA) is 72.0 Å². The molecule has 24 heavy (non-hydrogen) atoms. The highest BCUT2D eigenvalue weighted by molar-refractivity contribution is 6.30. The molecule has 0 radical (unpaired) electrons. The Hall–Kier alpha value is -2.73. The lowest BCUT2D eigenvalue weighted by atomic mass is 10.2. The van der Waals surface area contributed by atoms with Gasteiger partial charge in [0.15, 0.2) is 11.5 Å². The smallest absolute Gasteiger partial charge is 0.259 e. The zero-order valence-corrected chi connectivity index (χ0v) is 14.1. The Morgan fingerprint density at radius 1 is 1.12 bits per heavy atom. The molecule has 126 valence electrons. The molecule has 2 aromatic rings. The molecule has 0 aliphatic rings. The van der Waals surface area contributed by atoms with Crippen molar-refractivity contribution in [1.29, 1.82) is 0 Å². The van der Waals surface area contributed by atoms with Gasteiger partial charge < -0.3 is 14.8 Å². The fourth-order valence-corrected chi connectivity index (χ4v) is 2.03. The maximum absolute atomic E-state index is 11.7. The van der Waals surface area contributed by atoms with Crippen LogP contribution in [0.4, 0.5) is 5.69 Å². The molecule has 0 saturated carbocycles. The summed E-state index contributed by atoms with van der Waals surface area (Å²) in [6.07, 6.45) is 1.53. The van der Waals surface area contributed by atoms with E-state index in [-0.39, 0.29) is 12.5 Å². The molecule has 0 aliphatic carbocycles. The monoisotopic (exact) mass is 347 g/mol. The van der Waals surface area contributed by atoms with Crippen LogP contribution in [-0.2, 0) is 4.79 Å². The van der Waals surface area contributed by atoms with Crippen molar-refractivity contribution in [3.05, 3.63) is 53.1 Å². The summed E-state index contributed by atoms with van der Waals surface area (Å²) >= 11 is 5.80. The molecule has 6 nitrogen and oxygen atoms in total. The summed E-state index contributed by atoms with van der Waals surface area (Å²) in [5, 5.41) is 7.53. The Kier molecular flexibility index (Phi) is 6.45. The highest BCUT2D eigenvalue weighted by Crippen LogP contribution is 2.26. The molecule has 2 rings (SSSR count). The molecule has 0 aliphatic heterocycles. The molecule has 0 heterocycles. The molecule has 2 N–H and O–H groups in total. The Morgan fingerprint density at radius 2 is 1.83 bits per heavy atom. The molecule has 0 spiro atoms. The number of nitrogens with zero attached hydrogens (tertiary/aromatic N) is 1. The lowest BCUT2D eigenvalue weighted by Gasteiger charge is -2.07. The third-order valence-corrected chi connectivity index (χ3v) is 3.36. The summed E-state index contributed by atoms with van der Waals surface area (Å²) in [5.74, 6) is 0.963. The van der Waals surface area contributed by atoms with Crippen LogP contribution in [0.3, 0.4) is 0 Å². The Balaban J connectivity index is 1.84. The fraction of sp³-hybridized carbons (Fsp3) is 0.176. The number of nitrogens with one attached hydrogen (secondary N) is 2. The summed E-state index contributed by atoms with van der Waals surface area (Å²) in [4.78, 5) is 11.7. The van der Waals surface area contributed by atoms with Gasteiger partial charge in [-0.25, -0.2) is 5.43 Å². The minimum atomic E-state index is -0.262. The molecule has 0 bridgehead atoms. The van der Waals surface area contributed by atoms with Crippen molar-refractivity contribution in [2.24, 2.45) is 5.10 Å². The molecule has 0 fully saturated rings. The van der Waals surface area contributed by atoms with Gasteiger partial charge in [0.25, 0.3) is 5.91 Å². The number of amides is 1. The summed E-state index contributed by atoms with van der Waals surface area (Å²) in [5.41, 5.74) is 4.03. The third-order valence-electron chi connectivity index (χ3n) is 3.11. The number of methoxy groups -OCH3 is 2. The van der Waals surface area contributed by atoms with Gasteiger partial charge in [-0.1, -0.05) is 11.6 Å². The van der Waals surface area contributed by atoms with Crippen LogP contribution in [-0.4, -0.2) is 32.9 Å². The maximum atomic E-state index is 11.7. The van der Waals surface area contributed by atoms with Gasteiger partial charge in [-0.05, 0) is 48.0 Å². The predicted molar refractivity (Wildman–Crippen MR) is 95.2 cm³/mol. The van der Waals surface area contributed by atoms with E-state index in [4.69, 9.17) is 21.1 Å². The van der Waals surface area contributed by atoms with Crippen LogP contribution in [0.25, 0.3) is 0 Å². The van der Waals surface area contributed by atoms with Gasteiger partial charge >= 0.3 is 0 Å². The number of anilines is 1. The predicted octanol–water partition coefficient (Wildman–Crippen LogP) is 2.92. The summed E-state index contributed by atoms with van der Waals surface area (Å²) in [7, 11) is 3.13. The van der Waals surface area contributed by atoms with Crippen LogP contribution in [0.2, 0.25) is 5.02 Å². The molecule has 1 amide bonds. The Morgan fingerprint density at radius 3 is 2.50 bits per heavy atom. The third kappa shape index (κ3) is 5.17. The highest BCUT2D eigenvalue weighted by atomic mass is 35.5. The average Bonchev–Trinajstić information content (AvgIpc) is 2.61. The minimum Gasteiger partial charge on any atom is -0.493 e. The molecule has 0 aromatic heterocycles. The number of hydrogen-bond acceptors (Lipinski definition) is 5. The Labute approximate surface area is 145 Å². The number of rotatable bonds is 7. The van der Waals surface area contributed by atoms with Crippen LogP contribution in [0.5, 0.6) is 11.5 Å². The minimum absolute atomic E-state index is 0.102. The normalized spacial score (nSPS) is 10.5. The van der Waals surface area contributed by atoms with E-state index in [1.165, 1.54) is 6.21 Å². The summed E-state index contributed by atoms with van der Waals surface area (Å²) < 4.78 is 10.4. The van der Waals surface area contributed by atoms with E-state index in [2.05, 4.69) is 15.8 Å². The van der Waals surface area contributed by atoms with Crippen molar-refractivity contribution < 1.29 is 14.3 Å². The highest BCUT2D eigenvalue weighted by Gasteiger charge is 2.03. The van der Waals surface area contributed by atoms with Crippen LogP contribution < -0.4 is 20.2 Å². The lowest BCUT2D eigenvalue weighted by Crippen LogP contribution is -2.25. The second kappa shape index (κ2) is 8.79. The second-order valence-corrected chi connectivity index (χ2v) is 5.20. The van der Waals surface area contributed by atoms with Gasteiger partial charge in [0, 0.05) is 10.7 Å². The van der Waals surface area contributed by atoms with Crippen molar-refractivity contribution in [3.63, 3.8) is 0 Å². The molecule has 0 saturated heterocycles. The van der Waals surface area contributed by atoms with Crippen molar-refractivity contribution in [1.82, 2.24) is 5.43 Å². The van der Waals surface area contributed by atoms with Crippen LogP contribution in [0.15, 0.2) is 47.6 Å². The molecule has 7 heteroatoms. The van der Waals surface area contributed by atoms with Gasteiger partial charge in [-0.2, -0.15) is 5.10 Å². The summed E-state index contributed by atoms with van der Waals surface area (Å²) in [6.45, 7) is 0.102. The molecule has 2 aromatic carbocycles. The number of ether oxygens (including phenoxy) is 2.